The van der Waals surface area contributed by atoms with Crippen LogP contribution in [-0.4, -0.2) is 37.2 Å². The van der Waals surface area contributed by atoms with E-state index in [4.69, 9.17) is 4.74 Å². The smallest absolute Gasteiger partial charge is 0.0532 e. The van der Waals surface area contributed by atoms with Crippen LogP contribution in [0.25, 0.3) is 0 Å². The topological polar surface area (TPSA) is 12.5 Å². The lowest BCUT2D eigenvalue weighted by molar-refractivity contribution is 0.00748. The molecule has 14 heavy (non-hydrogen) atoms. The van der Waals surface area contributed by atoms with Crippen LogP contribution in [-0.2, 0) is 4.74 Å². The summed E-state index contributed by atoms with van der Waals surface area (Å²) in [4.78, 5) is 2.45. The van der Waals surface area contributed by atoms with Crippen LogP contribution in [0.3, 0.4) is 0 Å². The Balaban J connectivity index is 3.91. The Labute approximate surface area is 89.6 Å². The van der Waals surface area contributed by atoms with Crippen molar-refractivity contribution in [1.29, 1.82) is 0 Å². The summed E-state index contributed by atoms with van der Waals surface area (Å²) in [5.41, 5.74) is 0.260. The summed E-state index contributed by atoms with van der Waals surface area (Å²) in [5, 5.41) is 0. The van der Waals surface area contributed by atoms with Gasteiger partial charge in [0.05, 0.1) is 12.7 Å². The molecule has 0 aliphatic carbocycles. The van der Waals surface area contributed by atoms with E-state index in [-0.39, 0.29) is 5.41 Å². The average Bonchev–Trinajstić information content (AvgIpc) is 2.11. The lowest BCUT2D eigenvalue weighted by Gasteiger charge is -2.31. The SMILES string of the molecule is CCN(CC)CC(C)(C)COC(C)C. The molecule has 0 amide bonds. The van der Waals surface area contributed by atoms with Crippen molar-refractivity contribution in [3.63, 3.8) is 0 Å². The molecule has 0 fully saturated rings. The molecule has 0 aliphatic heterocycles. The van der Waals surface area contributed by atoms with Gasteiger partial charge in [0.2, 0.25) is 0 Å². The molecule has 86 valence electrons. The Morgan fingerprint density at radius 2 is 1.64 bits per heavy atom. The molecule has 0 aromatic carbocycles. The van der Waals surface area contributed by atoms with Crippen LogP contribution >= 0.6 is 0 Å². The van der Waals surface area contributed by atoms with Gasteiger partial charge >= 0.3 is 0 Å². The van der Waals surface area contributed by atoms with Crippen LogP contribution in [0.4, 0.5) is 0 Å². The highest BCUT2D eigenvalue weighted by molar-refractivity contribution is 4.72. The van der Waals surface area contributed by atoms with Crippen molar-refractivity contribution in [3.8, 4) is 0 Å². The van der Waals surface area contributed by atoms with Crippen LogP contribution in [0.5, 0.6) is 0 Å². The predicted octanol–water partition coefficient (Wildman–Crippen LogP) is 2.78. The summed E-state index contributed by atoms with van der Waals surface area (Å²) in [5.74, 6) is 0. The Bertz CT molecular complexity index is 139. The highest BCUT2D eigenvalue weighted by Gasteiger charge is 2.21. The third-order valence-corrected chi connectivity index (χ3v) is 2.35. The summed E-state index contributed by atoms with van der Waals surface area (Å²) in [6.45, 7) is 17.4. The van der Waals surface area contributed by atoms with Gasteiger partial charge in [0.1, 0.15) is 0 Å². The molecule has 0 saturated heterocycles. The average molecular weight is 201 g/mol. The second-order valence-electron chi connectivity index (χ2n) is 4.99. The number of hydrogen-bond acceptors (Lipinski definition) is 2. The van der Waals surface area contributed by atoms with E-state index < -0.39 is 0 Å². The van der Waals surface area contributed by atoms with Crippen LogP contribution in [0.15, 0.2) is 0 Å². The molecule has 0 heterocycles. The second-order valence-corrected chi connectivity index (χ2v) is 4.99. The van der Waals surface area contributed by atoms with E-state index in [1.165, 1.54) is 0 Å². The van der Waals surface area contributed by atoms with Gasteiger partial charge in [-0.2, -0.15) is 0 Å². The quantitative estimate of drug-likeness (QED) is 0.628. The molecular formula is C12H27NO. The van der Waals surface area contributed by atoms with E-state index in [0.29, 0.717) is 6.10 Å². The van der Waals surface area contributed by atoms with Gasteiger partial charge in [-0.3, -0.25) is 0 Å². The van der Waals surface area contributed by atoms with E-state index in [1.807, 2.05) is 0 Å². The fourth-order valence-electron chi connectivity index (χ4n) is 1.49. The van der Waals surface area contributed by atoms with Crippen LogP contribution in [0.2, 0.25) is 0 Å². The highest BCUT2D eigenvalue weighted by atomic mass is 16.5. The van der Waals surface area contributed by atoms with Crippen molar-refractivity contribution >= 4 is 0 Å². The molecule has 2 nitrogen and oxygen atoms in total. The molecule has 0 rings (SSSR count). The van der Waals surface area contributed by atoms with Gasteiger partial charge in [-0.1, -0.05) is 27.7 Å². The molecule has 0 saturated carbocycles. The summed E-state index contributed by atoms with van der Waals surface area (Å²) in [7, 11) is 0. The lowest BCUT2D eigenvalue weighted by atomic mass is 9.94. The molecule has 0 aromatic heterocycles. The first-order valence-electron chi connectivity index (χ1n) is 5.75. The molecular weight excluding hydrogens is 174 g/mol. The fraction of sp³-hybridized carbons (Fsp3) is 1.00. The summed E-state index contributed by atoms with van der Waals surface area (Å²) < 4.78 is 5.67. The van der Waals surface area contributed by atoms with E-state index >= 15 is 0 Å². The van der Waals surface area contributed by atoms with Crippen molar-refractivity contribution in [2.75, 3.05) is 26.2 Å². The number of ether oxygens (including phenoxy) is 1. The maximum absolute atomic E-state index is 5.67. The third kappa shape index (κ3) is 6.39. The molecule has 0 radical (unpaired) electrons. The maximum atomic E-state index is 5.67. The number of hydrogen-bond donors (Lipinski definition) is 0. The first-order chi connectivity index (χ1) is 6.41. The molecule has 0 aliphatic rings. The van der Waals surface area contributed by atoms with E-state index in [9.17, 15) is 0 Å². The summed E-state index contributed by atoms with van der Waals surface area (Å²) in [6, 6.07) is 0. The van der Waals surface area contributed by atoms with Gasteiger partial charge in [0.25, 0.3) is 0 Å². The van der Waals surface area contributed by atoms with Gasteiger partial charge in [-0.25, -0.2) is 0 Å². The van der Waals surface area contributed by atoms with Crippen LogP contribution in [0.1, 0.15) is 41.5 Å². The zero-order valence-electron chi connectivity index (χ0n) is 10.8. The predicted molar refractivity (Wildman–Crippen MR) is 62.7 cm³/mol. The summed E-state index contributed by atoms with van der Waals surface area (Å²) >= 11 is 0. The number of nitrogens with zero attached hydrogens (tertiary/aromatic N) is 1. The van der Waals surface area contributed by atoms with Crippen molar-refractivity contribution in [2.24, 2.45) is 5.41 Å². The van der Waals surface area contributed by atoms with Gasteiger partial charge in [-0.05, 0) is 26.9 Å². The van der Waals surface area contributed by atoms with Gasteiger partial charge < -0.3 is 9.64 Å². The zero-order valence-corrected chi connectivity index (χ0v) is 10.8. The van der Waals surface area contributed by atoms with Crippen molar-refractivity contribution in [2.45, 2.75) is 47.6 Å². The minimum Gasteiger partial charge on any atom is -0.378 e. The number of rotatable bonds is 7. The van der Waals surface area contributed by atoms with E-state index in [0.717, 1.165) is 26.2 Å². The maximum Gasteiger partial charge on any atom is 0.0532 e. The van der Waals surface area contributed by atoms with Crippen molar-refractivity contribution < 1.29 is 4.74 Å². The third-order valence-electron chi connectivity index (χ3n) is 2.35. The first-order valence-corrected chi connectivity index (χ1v) is 5.75. The van der Waals surface area contributed by atoms with E-state index in [2.05, 4.69) is 46.4 Å². The van der Waals surface area contributed by atoms with Gasteiger partial charge in [0.15, 0.2) is 0 Å². The molecule has 0 atom stereocenters. The fourth-order valence-corrected chi connectivity index (χ4v) is 1.49. The Kier molecular flexibility index (Phi) is 6.38. The Morgan fingerprint density at radius 3 is 2.00 bits per heavy atom. The highest BCUT2D eigenvalue weighted by Crippen LogP contribution is 2.18. The zero-order chi connectivity index (χ0) is 11.2. The monoisotopic (exact) mass is 201 g/mol. The molecule has 0 N–H and O–H groups in total. The summed E-state index contributed by atoms with van der Waals surface area (Å²) in [6.07, 6.45) is 0.339. The Morgan fingerprint density at radius 1 is 1.14 bits per heavy atom. The first kappa shape index (κ1) is 13.9. The molecule has 0 unspecified atom stereocenters. The van der Waals surface area contributed by atoms with Crippen molar-refractivity contribution in [3.05, 3.63) is 0 Å². The molecule has 0 spiro atoms. The second kappa shape index (κ2) is 6.41. The van der Waals surface area contributed by atoms with E-state index in [1.54, 1.807) is 0 Å². The minimum absolute atomic E-state index is 0.260. The molecule has 2 heteroatoms. The van der Waals surface area contributed by atoms with Gasteiger partial charge in [-0.15, -0.1) is 0 Å². The van der Waals surface area contributed by atoms with Crippen LogP contribution in [0, 0.1) is 5.41 Å². The standard InChI is InChI=1S/C12H27NO/c1-7-13(8-2)9-12(5,6)10-14-11(3)4/h11H,7-10H2,1-6H3. The molecule has 0 aromatic rings. The molecule has 0 bridgehead atoms. The lowest BCUT2D eigenvalue weighted by Crippen LogP contribution is -2.37. The van der Waals surface area contributed by atoms with Crippen LogP contribution < -0.4 is 0 Å². The normalized spacial score (nSPS) is 12.9. The van der Waals surface area contributed by atoms with Gasteiger partial charge in [0, 0.05) is 12.0 Å². The Hall–Kier alpha value is -0.0800. The minimum atomic E-state index is 0.260. The van der Waals surface area contributed by atoms with Crippen molar-refractivity contribution in [1.82, 2.24) is 4.90 Å². The largest absolute Gasteiger partial charge is 0.378 e.